The molecule has 1 saturated heterocycles. The second kappa shape index (κ2) is 6.06. The summed E-state index contributed by atoms with van der Waals surface area (Å²) in [6, 6.07) is 3.40. The maximum atomic E-state index is 5.12. The van der Waals surface area contributed by atoms with Crippen molar-refractivity contribution in [1.29, 1.82) is 0 Å². The second-order valence-electron chi connectivity index (χ2n) is 6.07. The van der Waals surface area contributed by atoms with Crippen LogP contribution in [0.25, 0.3) is 0 Å². The van der Waals surface area contributed by atoms with Crippen molar-refractivity contribution in [3.05, 3.63) is 17.5 Å². The summed E-state index contributed by atoms with van der Waals surface area (Å²) >= 11 is 0. The van der Waals surface area contributed by atoms with Crippen LogP contribution in [-0.2, 0) is 6.54 Å². The lowest BCUT2D eigenvalue weighted by atomic mass is 9.88. The molecule has 1 aliphatic heterocycles. The largest absolute Gasteiger partial charge is 0.361 e. The Morgan fingerprint density at radius 3 is 3.00 bits per heavy atom. The Bertz CT molecular complexity index is 398. The van der Waals surface area contributed by atoms with E-state index in [-0.39, 0.29) is 0 Å². The molecule has 2 N–H and O–H groups in total. The molecule has 4 heteroatoms. The predicted molar refractivity (Wildman–Crippen MR) is 74.9 cm³/mol. The first-order valence-electron chi connectivity index (χ1n) is 7.72. The third-order valence-corrected chi connectivity index (χ3v) is 4.66. The van der Waals surface area contributed by atoms with Crippen LogP contribution in [0.1, 0.15) is 50.0 Å². The van der Waals surface area contributed by atoms with Crippen LogP contribution in [0.4, 0.5) is 0 Å². The summed E-state index contributed by atoms with van der Waals surface area (Å²) in [5, 5.41) is 11.5. The maximum Gasteiger partial charge on any atom is 0.133 e. The lowest BCUT2D eigenvalue weighted by Crippen LogP contribution is -2.46. The molecule has 0 spiro atoms. The Morgan fingerprint density at radius 2 is 2.26 bits per heavy atom. The van der Waals surface area contributed by atoms with Gasteiger partial charge in [-0.25, -0.2) is 0 Å². The van der Waals surface area contributed by atoms with E-state index in [4.69, 9.17) is 4.52 Å². The standard InChI is InChI=1S/C15H25N3O/c1-11-9-12(18-19-11)10-17-15-7-4-5-13(15)14-6-2-3-8-16-14/h9,13-17H,2-8,10H2,1H3. The first kappa shape index (κ1) is 13.1. The predicted octanol–water partition coefficient (Wildman–Crippen LogP) is 2.38. The fourth-order valence-corrected chi connectivity index (χ4v) is 3.70. The van der Waals surface area contributed by atoms with E-state index in [0.717, 1.165) is 30.0 Å². The summed E-state index contributed by atoms with van der Waals surface area (Å²) in [5.41, 5.74) is 1.03. The first-order chi connectivity index (χ1) is 9.33. The van der Waals surface area contributed by atoms with Gasteiger partial charge in [-0.3, -0.25) is 0 Å². The maximum absolute atomic E-state index is 5.12. The van der Waals surface area contributed by atoms with Gasteiger partial charge in [-0.05, 0) is 45.1 Å². The Morgan fingerprint density at radius 1 is 1.32 bits per heavy atom. The van der Waals surface area contributed by atoms with Gasteiger partial charge in [-0.1, -0.05) is 18.0 Å². The van der Waals surface area contributed by atoms with Crippen LogP contribution in [0, 0.1) is 12.8 Å². The van der Waals surface area contributed by atoms with Crippen LogP contribution in [0.2, 0.25) is 0 Å². The van der Waals surface area contributed by atoms with Crippen molar-refractivity contribution in [3.63, 3.8) is 0 Å². The smallest absolute Gasteiger partial charge is 0.133 e. The fraction of sp³-hybridized carbons (Fsp3) is 0.800. The molecule has 0 radical (unpaired) electrons. The van der Waals surface area contributed by atoms with E-state index in [1.807, 2.05) is 13.0 Å². The van der Waals surface area contributed by atoms with Gasteiger partial charge in [0.1, 0.15) is 5.76 Å². The minimum absolute atomic E-state index is 0.646. The number of rotatable bonds is 4. The Kier molecular flexibility index (Phi) is 4.18. The van der Waals surface area contributed by atoms with Crippen molar-refractivity contribution >= 4 is 0 Å². The molecule has 0 amide bonds. The van der Waals surface area contributed by atoms with E-state index >= 15 is 0 Å². The van der Waals surface area contributed by atoms with Crippen molar-refractivity contribution in [3.8, 4) is 0 Å². The molecule has 4 nitrogen and oxygen atoms in total. The molecular weight excluding hydrogens is 238 g/mol. The average Bonchev–Trinajstić information content (AvgIpc) is 3.06. The molecule has 19 heavy (non-hydrogen) atoms. The van der Waals surface area contributed by atoms with Crippen molar-refractivity contribution in [2.24, 2.45) is 5.92 Å². The second-order valence-corrected chi connectivity index (χ2v) is 6.07. The zero-order valence-electron chi connectivity index (χ0n) is 11.8. The number of aromatic nitrogens is 1. The summed E-state index contributed by atoms with van der Waals surface area (Å²) in [6.07, 6.45) is 8.13. The molecule has 0 bridgehead atoms. The first-order valence-corrected chi connectivity index (χ1v) is 7.72. The van der Waals surface area contributed by atoms with Crippen molar-refractivity contribution in [2.45, 2.75) is 64.1 Å². The molecule has 1 aromatic heterocycles. The van der Waals surface area contributed by atoms with E-state index in [1.165, 1.54) is 45.1 Å². The number of aryl methyl sites for hydroxylation is 1. The SMILES string of the molecule is Cc1cc(CNC2CCCC2C2CCCCN2)no1. The molecule has 2 aliphatic rings. The lowest BCUT2D eigenvalue weighted by molar-refractivity contribution is 0.255. The van der Waals surface area contributed by atoms with Gasteiger partial charge < -0.3 is 15.2 Å². The van der Waals surface area contributed by atoms with Crippen molar-refractivity contribution < 1.29 is 4.52 Å². The summed E-state index contributed by atoms with van der Waals surface area (Å²) in [5.74, 6) is 1.70. The highest BCUT2D eigenvalue weighted by atomic mass is 16.5. The van der Waals surface area contributed by atoms with Crippen molar-refractivity contribution in [1.82, 2.24) is 15.8 Å². The van der Waals surface area contributed by atoms with Crippen molar-refractivity contribution in [2.75, 3.05) is 6.54 Å². The van der Waals surface area contributed by atoms with E-state index in [2.05, 4.69) is 15.8 Å². The Balaban J connectivity index is 1.54. The van der Waals surface area contributed by atoms with E-state index in [0.29, 0.717) is 6.04 Å². The molecule has 3 atom stereocenters. The zero-order chi connectivity index (χ0) is 13.1. The number of piperidine rings is 1. The normalized spacial score (nSPS) is 31.7. The molecule has 1 aliphatic carbocycles. The summed E-state index contributed by atoms with van der Waals surface area (Å²) in [4.78, 5) is 0. The van der Waals surface area contributed by atoms with Crippen LogP contribution in [0.15, 0.2) is 10.6 Å². The average molecular weight is 263 g/mol. The fourth-order valence-electron chi connectivity index (χ4n) is 3.70. The third kappa shape index (κ3) is 3.18. The molecule has 3 rings (SSSR count). The highest BCUT2D eigenvalue weighted by molar-refractivity contribution is 5.04. The van der Waals surface area contributed by atoms with Gasteiger partial charge in [-0.2, -0.15) is 0 Å². The van der Waals surface area contributed by atoms with Crippen LogP contribution < -0.4 is 10.6 Å². The Hall–Kier alpha value is -0.870. The van der Waals surface area contributed by atoms with Crippen LogP contribution in [0.3, 0.4) is 0 Å². The van der Waals surface area contributed by atoms with E-state index in [9.17, 15) is 0 Å². The molecule has 1 saturated carbocycles. The van der Waals surface area contributed by atoms with Gasteiger partial charge in [-0.15, -0.1) is 0 Å². The van der Waals surface area contributed by atoms with Gasteiger partial charge >= 0.3 is 0 Å². The van der Waals surface area contributed by atoms with Gasteiger partial charge in [0.05, 0.1) is 5.69 Å². The van der Waals surface area contributed by atoms with Crippen LogP contribution in [-0.4, -0.2) is 23.8 Å². The highest BCUT2D eigenvalue weighted by Crippen LogP contribution is 2.31. The minimum atomic E-state index is 0.646. The molecule has 3 unspecified atom stereocenters. The minimum Gasteiger partial charge on any atom is -0.361 e. The summed E-state index contributed by atoms with van der Waals surface area (Å²) < 4.78 is 5.12. The van der Waals surface area contributed by atoms with E-state index < -0.39 is 0 Å². The summed E-state index contributed by atoms with van der Waals surface area (Å²) in [6.45, 7) is 3.99. The molecule has 1 aromatic rings. The number of nitrogens with zero attached hydrogens (tertiary/aromatic N) is 1. The van der Waals surface area contributed by atoms with E-state index in [1.54, 1.807) is 0 Å². The van der Waals surface area contributed by atoms with Gasteiger partial charge in [0.2, 0.25) is 0 Å². The molecule has 2 fully saturated rings. The van der Waals surface area contributed by atoms with Gasteiger partial charge in [0.15, 0.2) is 0 Å². The Labute approximate surface area is 115 Å². The molecule has 0 aromatic carbocycles. The third-order valence-electron chi connectivity index (χ3n) is 4.66. The van der Waals surface area contributed by atoms with Crippen LogP contribution in [0.5, 0.6) is 0 Å². The zero-order valence-corrected chi connectivity index (χ0v) is 11.8. The number of hydrogen-bond acceptors (Lipinski definition) is 4. The molecule has 2 heterocycles. The molecule has 106 valence electrons. The monoisotopic (exact) mass is 263 g/mol. The number of nitrogens with one attached hydrogen (secondary N) is 2. The molecular formula is C15H25N3O. The highest BCUT2D eigenvalue weighted by Gasteiger charge is 2.33. The summed E-state index contributed by atoms with van der Waals surface area (Å²) in [7, 11) is 0. The topological polar surface area (TPSA) is 50.1 Å². The lowest BCUT2D eigenvalue weighted by Gasteiger charge is -2.33. The van der Waals surface area contributed by atoms with Gasteiger partial charge in [0.25, 0.3) is 0 Å². The van der Waals surface area contributed by atoms with Crippen LogP contribution >= 0.6 is 0 Å². The quantitative estimate of drug-likeness (QED) is 0.875. The van der Waals surface area contributed by atoms with Gasteiger partial charge in [0, 0.05) is 24.7 Å². The number of hydrogen-bond donors (Lipinski definition) is 2.